The Morgan fingerprint density at radius 1 is 1.29 bits per heavy atom. The zero-order valence-electron chi connectivity index (χ0n) is 13.1. The summed E-state index contributed by atoms with van der Waals surface area (Å²) in [5.74, 6) is -0.412. The quantitative estimate of drug-likeness (QED) is 0.841. The molecule has 1 aliphatic heterocycles. The summed E-state index contributed by atoms with van der Waals surface area (Å²) < 4.78 is 65.0. The summed E-state index contributed by atoms with van der Waals surface area (Å²) in [5.41, 5.74) is -0.789. The third-order valence-electron chi connectivity index (χ3n) is 3.72. The standard InChI is InChI=1S/C15H19F3N2O3S/c1-2-7-24(22,23)19-12-8-14(21)20(10-12)9-11-5-3-4-6-13(11)15(16,17)18/h3-6,12,19H,2,7-10H2,1H3. The molecule has 1 aromatic carbocycles. The molecule has 1 fully saturated rings. The van der Waals surface area contributed by atoms with E-state index in [1.165, 1.54) is 23.1 Å². The van der Waals surface area contributed by atoms with Crippen molar-refractivity contribution >= 4 is 15.9 Å². The molecular formula is C15H19F3N2O3S. The van der Waals surface area contributed by atoms with Crippen LogP contribution >= 0.6 is 0 Å². The van der Waals surface area contributed by atoms with Gasteiger partial charge in [-0.2, -0.15) is 13.2 Å². The van der Waals surface area contributed by atoms with Crippen molar-refractivity contribution in [3.8, 4) is 0 Å². The topological polar surface area (TPSA) is 66.5 Å². The maximum absolute atomic E-state index is 13.0. The van der Waals surface area contributed by atoms with Crippen molar-refractivity contribution in [1.82, 2.24) is 9.62 Å². The van der Waals surface area contributed by atoms with E-state index >= 15 is 0 Å². The zero-order valence-corrected chi connectivity index (χ0v) is 14.0. The highest BCUT2D eigenvalue weighted by molar-refractivity contribution is 7.89. The molecule has 1 amide bonds. The van der Waals surface area contributed by atoms with Crippen LogP contribution in [0.15, 0.2) is 24.3 Å². The highest BCUT2D eigenvalue weighted by Gasteiger charge is 2.36. The second-order valence-electron chi connectivity index (χ2n) is 5.77. The number of nitrogens with zero attached hydrogens (tertiary/aromatic N) is 1. The fraction of sp³-hybridized carbons (Fsp3) is 0.533. The third kappa shape index (κ3) is 4.70. The summed E-state index contributed by atoms with van der Waals surface area (Å²) in [6, 6.07) is 4.46. The number of carbonyl (C=O) groups excluding carboxylic acids is 1. The first-order chi connectivity index (χ1) is 11.1. The summed E-state index contributed by atoms with van der Waals surface area (Å²) in [7, 11) is -3.48. The van der Waals surface area contributed by atoms with E-state index < -0.39 is 27.8 Å². The van der Waals surface area contributed by atoms with Gasteiger partial charge in [0.1, 0.15) is 0 Å². The van der Waals surface area contributed by atoms with Crippen molar-refractivity contribution in [2.45, 2.75) is 38.5 Å². The van der Waals surface area contributed by atoms with Crippen LogP contribution in [0.3, 0.4) is 0 Å². The molecule has 134 valence electrons. The Labute approximate surface area is 138 Å². The molecule has 1 N–H and O–H groups in total. The molecule has 1 atom stereocenters. The van der Waals surface area contributed by atoms with Gasteiger partial charge in [0.15, 0.2) is 0 Å². The van der Waals surface area contributed by atoms with Gasteiger partial charge in [-0.1, -0.05) is 25.1 Å². The Kier molecular flexibility index (Phi) is 5.54. The van der Waals surface area contributed by atoms with Crippen LogP contribution in [0.2, 0.25) is 0 Å². The van der Waals surface area contributed by atoms with Crippen molar-refractivity contribution < 1.29 is 26.4 Å². The van der Waals surface area contributed by atoms with E-state index in [2.05, 4.69) is 4.72 Å². The predicted molar refractivity (Wildman–Crippen MR) is 82.5 cm³/mol. The maximum Gasteiger partial charge on any atom is 0.416 e. The summed E-state index contributed by atoms with van der Waals surface area (Å²) >= 11 is 0. The number of amides is 1. The number of carbonyl (C=O) groups is 1. The van der Waals surface area contributed by atoms with Gasteiger partial charge in [-0.05, 0) is 18.1 Å². The molecule has 1 saturated heterocycles. The van der Waals surface area contributed by atoms with Crippen molar-refractivity contribution in [3.63, 3.8) is 0 Å². The molecule has 0 aromatic heterocycles. The predicted octanol–water partition coefficient (Wildman–Crippen LogP) is 2.14. The Hall–Kier alpha value is -1.61. The molecule has 5 nitrogen and oxygen atoms in total. The van der Waals surface area contributed by atoms with Gasteiger partial charge in [-0.3, -0.25) is 4.79 Å². The maximum atomic E-state index is 13.0. The molecule has 1 unspecified atom stereocenters. The minimum absolute atomic E-state index is 0.00425. The van der Waals surface area contributed by atoms with Gasteiger partial charge in [0.2, 0.25) is 15.9 Å². The molecule has 1 heterocycles. The number of halogens is 3. The van der Waals surface area contributed by atoms with Gasteiger partial charge in [0, 0.05) is 25.6 Å². The highest BCUT2D eigenvalue weighted by Crippen LogP contribution is 2.32. The van der Waals surface area contributed by atoms with E-state index in [1.807, 2.05) is 0 Å². The Bertz CT molecular complexity index is 704. The molecule has 9 heteroatoms. The highest BCUT2D eigenvalue weighted by atomic mass is 32.2. The van der Waals surface area contributed by atoms with Gasteiger partial charge >= 0.3 is 6.18 Å². The first-order valence-corrected chi connectivity index (χ1v) is 9.20. The van der Waals surface area contributed by atoms with Crippen LogP contribution in [0.4, 0.5) is 13.2 Å². The van der Waals surface area contributed by atoms with E-state index in [9.17, 15) is 26.4 Å². The molecule has 0 spiro atoms. The minimum atomic E-state index is -4.50. The van der Waals surface area contributed by atoms with Crippen LogP contribution in [0, 0.1) is 0 Å². The SMILES string of the molecule is CCCS(=O)(=O)NC1CC(=O)N(Cc2ccccc2C(F)(F)F)C1. The van der Waals surface area contributed by atoms with Crippen LogP contribution in [-0.2, 0) is 27.5 Å². The Morgan fingerprint density at radius 2 is 1.96 bits per heavy atom. The van der Waals surface area contributed by atoms with Gasteiger partial charge < -0.3 is 4.90 Å². The second-order valence-corrected chi connectivity index (χ2v) is 7.64. The first-order valence-electron chi connectivity index (χ1n) is 7.55. The summed E-state index contributed by atoms with van der Waals surface area (Å²) in [6.45, 7) is 1.59. The number of hydrogen-bond donors (Lipinski definition) is 1. The summed E-state index contributed by atoms with van der Waals surface area (Å²) in [4.78, 5) is 13.3. The monoisotopic (exact) mass is 364 g/mol. The van der Waals surface area contributed by atoms with E-state index in [4.69, 9.17) is 0 Å². The van der Waals surface area contributed by atoms with Crippen LogP contribution in [0.25, 0.3) is 0 Å². The molecule has 24 heavy (non-hydrogen) atoms. The lowest BCUT2D eigenvalue weighted by molar-refractivity contribution is -0.139. The average Bonchev–Trinajstić information content (AvgIpc) is 2.77. The average molecular weight is 364 g/mol. The van der Waals surface area contributed by atoms with Crippen LogP contribution in [0.5, 0.6) is 0 Å². The van der Waals surface area contributed by atoms with E-state index in [-0.39, 0.29) is 36.7 Å². The van der Waals surface area contributed by atoms with Crippen molar-refractivity contribution in [1.29, 1.82) is 0 Å². The molecule has 0 saturated carbocycles. The normalized spacial score (nSPS) is 19.1. The molecule has 0 radical (unpaired) electrons. The summed E-state index contributed by atoms with van der Waals surface area (Å²) in [6.07, 6.45) is -4.10. The van der Waals surface area contributed by atoms with Crippen LogP contribution in [0.1, 0.15) is 30.9 Å². The number of likely N-dealkylation sites (tertiary alicyclic amines) is 1. The lowest BCUT2D eigenvalue weighted by Crippen LogP contribution is -2.38. The number of sulfonamides is 1. The van der Waals surface area contributed by atoms with Crippen LogP contribution in [-0.4, -0.2) is 37.6 Å². The Balaban J connectivity index is 2.09. The smallest absolute Gasteiger partial charge is 0.337 e. The number of benzene rings is 1. The van der Waals surface area contributed by atoms with E-state index in [0.29, 0.717) is 6.42 Å². The lowest BCUT2D eigenvalue weighted by Gasteiger charge is -2.20. The summed E-state index contributed by atoms with van der Waals surface area (Å²) in [5, 5.41) is 0. The lowest BCUT2D eigenvalue weighted by atomic mass is 10.1. The fourth-order valence-electron chi connectivity index (χ4n) is 2.73. The molecule has 1 aliphatic rings. The molecule has 0 bridgehead atoms. The second kappa shape index (κ2) is 7.10. The van der Waals surface area contributed by atoms with Gasteiger partial charge in [0.25, 0.3) is 0 Å². The van der Waals surface area contributed by atoms with Crippen molar-refractivity contribution in [2.24, 2.45) is 0 Å². The van der Waals surface area contributed by atoms with E-state index in [0.717, 1.165) is 6.07 Å². The number of hydrogen-bond acceptors (Lipinski definition) is 3. The number of alkyl halides is 3. The fourth-order valence-corrected chi connectivity index (χ4v) is 4.05. The minimum Gasteiger partial charge on any atom is -0.337 e. The third-order valence-corrected chi connectivity index (χ3v) is 5.36. The van der Waals surface area contributed by atoms with Gasteiger partial charge in [-0.15, -0.1) is 0 Å². The van der Waals surface area contributed by atoms with E-state index in [1.54, 1.807) is 6.92 Å². The van der Waals surface area contributed by atoms with Gasteiger partial charge in [0.05, 0.1) is 11.3 Å². The number of rotatable bonds is 6. The van der Waals surface area contributed by atoms with Gasteiger partial charge in [-0.25, -0.2) is 13.1 Å². The van der Waals surface area contributed by atoms with Crippen molar-refractivity contribution in [3.05, 3.63) is 35.4 Å². The molecule has 0 aliphatic carbocycles. The molecule has 2 rings (SSSR count). The van der Waals surface area contributed by atoms with Crippen LogP contribution < -0.4 is 4.72 Å². The Morgan fingerprint density at radius 3 is 2.58 bits per heavy atom. The largest absolute Gasteiger partial charge is 0.416 e. The zero-order chi connectivity index (χ0) is 18.0. The molecule has 1 aromatic rings. The number of nitrogens with one attached hydrogen (secondary N) is 1. The first kappa shape index (κ1) is 18.7. The van der Waals surface area contributed by atoms with Crippen molar-refractivity contribution in [2.75, 3.05) is 12.3 Å². The molecular weight excluding hydrogens is 345 g/mol.